The van der Waals surface area contributed by atoms with Crippen LogP contribution in [-0.2, 0) is 6.42 Å². The van der Waals surface area contributed by atoms with Crippen LogP contribution in [0.15, 0.2) is 47.5 Å². The molecular weight excluding hydrogens is 254 g/mol. The number of rotatable bonds is 3. The number of nitrogens with one attached hydrogen (secondary N) is 1. The third kappa shape index (κ3) is 2.33. The molecule has 1 N–H and O–H groups in total. The Labute approximate surface area is 114 Å². The second-order valence-corrected chi connectivity index (χ2v) is 4.45. The number of benzene rings is 1. The summed E-state index contributed by atoms with van der Waals surface area (Å²) in [6.07, 6.45) is 4.65. The van der Waals surface area contributed by atoms with Crippen molar-refractivity contribution in [1.29, 1.82) is 0 Å². The predicted molar refractivity (Wildman–Crippen MR) is 74.8 cm³/mol. The van der Waals surface area contributed by atoms with Gasteiger partial charge >= 0.3 is 0 Å². The van der Waals surface area contributed by atoms with Crippen LogP contribution < -0.4 is 5.56 Å². The Kier molecular flexibility index (Phi) is 3.09. The predicted octanol–water partition coefficient (Wildman–Crippen LogP) is 1.72. The van der Waals surface area contributed by atoms with E-state index in [-0.39, 0.29) is 5.56 Å². The van der Waals surface area contributed by atoms with Crippen molar-refractivity contribution in [2.24, 2.45) is 0 Å². The molecule has 0 fully saturated rings. The van der Waals surface area contributed by atoms with Gasteiger partial charge in [0.25, 0.3) is 5.56 Å². The Bertz CT molecular complexity index is 825. The van der Waals surface area contributed by atoms with Gasteiger partial charge in [-0.3, -0.25) is 14.6 Å². The summed E-state index contributed by atoms with van der Waals surface area (Å²) in [5.41, 5.74) is 1.79. The number of aromatic nitrogens is 3. The summed E-state index contributed by atoms with van der Waals surface area (Å²) in [4.78, 5) is 34.0. The largest absolute Gasteiger partial charge is 0.310 e. The van der Waals surface area contributed by atoms with Crippen LogP contribution >= 0.6 is 0 Å². The van der Waals surface area contributed by atoms with Gasteiger partial charge in [-0.25, -0.2) is 4.98 Å². The first-order valence-corrected chi connectivity index (χ1v) is 6.13. The van der Waals surface area contributed by atoms with Crippen molar-refractivity contribution < 1.29 is 4.79 Å². The second-order valence-electron chi connectivity index (χ2n) is 4.45. The first-order valence-electron chi connectivity index (χ1n) is 6.13. The number of nitrogens with zero attached hydrogens (tertiary/aromatic N) is 2. The average Bonchev–Trinajstić information content (AvgIpc) is 2.47. The maximum Gasteiger partial charge on any atom is 0.258 e. The number of aldehydes is 1. The number of H-pyrrole nitrogens is 1. The normalized spacial score (nSPS) is 10.6. The molecule has 0 unspecified atom stereocenters. The molecule has 20 heavy (non-hydrogen) atoms. The van der Waals surface area contributed by atoms with E-state index in [1.807, 2.05) is 12.1 Å². The fourth-order valence-corrected chi connectivity index (χ4v) is 2.06. The zero-order valence-electron chi connectivity index (χ0n) is 10.5. The Morgan fingerprint density at radius 1 is 1.25 bits per heavy atom. The molecule has 0 amide bonds. The number of fused-ring (bicyclic) bond motifs is 1. The molecule has 3 rings (SSSR count). The monoisotopic (exact) mass is 265 g/mol. The zero-order valence-corrected chi connectivity index (χ0v) is 10.5. The highest BCUT2D eigenvalue weighted by Crippen LogP contribution is 2.10. The minimum absolute atomic E-state index is 0.202. The smallest absolute Gasteiger partial charge is 0.258 e. The van der Waals surface area contributed by atoms with Gasteiger partial charge in [-0.1, -0.05) is 12.1 Å². The van der Waals surface area contributed by atoms with E-state index in [1.54, 1.807) is 30.6 Å². The van der Waals surface area contributed by atoms with Gasteiger partial charge in [-0.05, 0) is 23.8 Å². The Balaban J connectivity index is 2.08. The van der Waals surface area contributed by atoms with Crippen LogP contribution in [0.4, 0.5) is 0 Å². The molecule has 0 radical (unpaired) electrons. The molecule has 1 aromatic carbocycles. The minimum atomic E-state index is -0.202. The Morgan fingerprint density at radius 3 is 2.90 bits per heavy atom. The molecule has 0 saturated heterocycles. The van der Waals surface area contributed by atoms with E-state index in [4.69, 9.17) is 0 Å². The third-order valence-corrected chi connectivity index (χ3v) is 3.01. The summed E-state index contributed by atoms with van der Waals surface area (Å²) in [6, 6.07) is 8.58. The van der Waals surface area contributed by atoms with E-state index in [2.05, 4.69) is 15.0 Å². The van der Waals surface area contributed by atoms with Crippen LogP contribution in [0.5, 0.6) is 0 Å². The quantitative estimate of drug-likeness (QED) is 0.732. The first kappa shape index (κ1) is 12.2. The van der Waals surface area contributed by atoms with E-state index in [0.29, 0.717) is 28.7 Å². The summed E-state index contributed by atoms with van der Waals surface area (Å²) >= 11 is 0. The van der Waals surface area contributed by atoms with E-state index in [9.17, 15) is 9.59 Å². The number of pyridine rings is 1. The van der Waals surface area contributed by atoms with Gasteiger partial charge in [0.1, 0.15) is 12.1 Å². The van der Waals surface area contributed by atoms with Gasteiger partial charge in [-0.15, -0.1) is 0 Å². The van der Waals surface area contributed by atoms with Gasteiger partial charge < -0.3 is 4.98 Å². The van der Waals surface area contributed by atoms with Crippen LogP contribution in [-0.4, -0.2) is 21.2 Å². The fourth-order valence-electron chi connectivity index (χ4n) is 2.06. The highest BCUT2D eigenvalue weighted by atomic mass is 16.1. The molecule has 2 aromatic heterocycles. The molecule has 5 nitrogen and oxygen atoms in total. The topological polar surface area (TPSA) is 75.7 Å². The summed E-state index contributed by atoms with van der Waals surface area (Å²) in [5, 5.41) is 0.477. The fraction of sp³-hybridized carbons (Fsp3) is 0.0667. The standard InChI is InChI=1S/C15H11N3O2/c19-9-11-3-4-12-13(6-11)17-14(18-15(12)20)7-10-2-1-5-16-8-10/h1-6,8-9H,7H2,(H,17,18,20). The van der Waals surface area contributed by atoms with E-state index >= 15 is 0 Å². The summed E-state index contributed by atoms with van der Waals surface area (Å²) in [7, 11) is 0. The molecule has 0 aliphatic carbocycles. The lowest BCUT2D eigenvalue weighted by Crippen LogP contribution is -2.12. The van der Waals surface area contributed by atoms with E-state index in [1.165, 1.54) is 0 Å². The lowest BCUT2D eigenvalue weighted by Gasteiger charge is -2.03. The molecular formula is C15H11N3O2. The number of hydrogen-bond donors (Lipinski definition) is 1. The van der Waals surface area contributed by atoms with E-state index in [0.717, 1.165) is 11.8 Å². The Morgan fingerprint density at radius 2 is 2.15 bits per heavy atom. The van der Waals surface area contributed by atoms with Crippen molar-refractivity contribution in [3.8, 4) is 0 Å². The van der Waals surface area contributed by atoms with Crippen LogP contribution in [0.1, 0.15) is 21.7 Å². The van der Waals surface area contributed by atoms with Gasteiger partial charge in [0.15, 0.2) is 0 Å². The molecule has 98 valence electrons. The maximum absolute atomic E-state index is 12.0. The van der Waals surface area contributed by atoms with Crippen LogP contribution in [0.25, 0.3) is 10.9 Å². The van der Waals surface area contributed by atoms with Crippen molar-refractivity contribution >= 4 is 17.2 Å². The lowest BCUT2D eigenvalue weighted by atomic mass is 10.1. The Hall–Kier alpha value is -2.82. The number of carbonyl (C=O) groups excluding carboxylic acids is 1. The highest BCUT2D eigenvalue weighted by molar-refractivity contribution is 5.85. The van der Waals surface area contributed by atoms with Crippen LogP contribution in [0.2, 0.25) is 0 Å². The van der Waals surface area contributed by atoms with Crippen molar-refractivity contribution in [3.63, 3.8) is 0 Å². The van der Waals surface area contributed by atoms with E-state index < -0.39 is 0 Å². The molecule has 2 heterocycles. The van der Waals surface area contributed by atoms with Crippen molar-refractivity contribution in [1.82, 2.24) is 15.0 Å². The number of aromatic amines is 1. The van der Waals surface area contributed by atoms with Crippen LogP contribution in [0.3, 0.4) is 0 Å². The van der Waals surface area contributed by atoms with Crippen LogP contribution in [0, 0.1) is 0 Å². The maximum atomic E-state index is 12.0. The molecule has 0 atom stereocenters. The highest BCUT2D eigenvalue weighted by Gasteiger charge is 2.05. The summed E-state index contributed by atoms with van der Waals surface area (Å²) in [5.74, 6) is 0.554. The molecule has 0 saturated carbocycles. The molecule has 0 aliphatic heterocycles. The number of hydrogen-bond acceptors (Lipinski definition) is 4. The van der Waals surface area contributed by atoms with Gasteiger partial charge in [0, 0.05) is 24.4 Å². The molecule has 0 spiro atoms. The van der Waals surface area contributed by atoms with Gasteiger partial charge in [0.05, 0.1) is 10.9 Å². The summed E-state index contributed by atoms with van der Waals surface area (Å²) in [6.45, 7) is 0. The molecule has 0 aliphatic rings. The lowest BCUT2D eigenvalue weighted by molar-refractivity contribution is 0.112. The van der Waals surface area contributed by atoms with Crippen molar-refractivity contribution in [2.45, 2.75) is 6.42 Å². The zero-order chi connectivity index (χ0) is 13.9. The van der Waals surface area contributed by atoms with Crippen molar-refractivity contribution in [2.75, 3.05) is 0 Å². The average molecular weight is 265 g/mol. The molecule has 3 aromatic rings. The first-order chi connectivity index (χ1) is 9.76. The van der Waals surface area contributed by atoms with Gasteiger partial charge in [0.2, 0.25) is 0 Å². The van der Waals surface area contributed by atoms with Gasteiger partial charge in [-0.2, -0.15) is 0 Å². The summed E-state index contributed by atoms with van der Waals surface area (Å²) < 4.78 is 0. The number of carbonyl (C=O) groups is 1. The SMILES string of the molecule is O=Cc1ccc2c(=O)[nH]c(Cc3cccnc3)nc2c1. The second kappa shape index (κ2) is 5.05. The molecule has 0 bridgehead atoms. The third-order valence-electron chi connectivity index (χ3n) is 3.01. The van der Waals surface area contributed by atoms with Crippen molar-refractivity contribution in [3.05, 3.63) is 70.0 Å². The molecule has 5 heteroatoms. The minimum Gasteiger partial charge on any atom is -0.310 e.